The number of hydrogen-bond donors (Lipinski definition) is 0. The van der Waals surface area contributed by atoms with Gasteiger partial charge in [-0.15, -0.1) is 0 Å². The standard InChI is InChI=1S/C12H21/c1-5-12(4)10-8-6-7-9-11(2)3/h6-7,9-11H,5,8H2,1-4H3/b9-7+,12-10-. The molecule has 0 atom stereocenters. The Morgan fingerprint density at radius 2 is 2.00 bits per heavy atom. The second-order valence-corrected chi connectivity index (χ2v) is 3.50. The van der Waals surface area contributed by atoms with E-state index in [1.165, 1.54) is 12.0 Å². The molecule has 69 valence electrons. The molecule has 0 aromatic rings. The van der Waals surface area contributed by atoms with Crippen LogP contribution in [-0.4, -0.2) is 0 Å². The van der Waals surface area contributed by atoms with Crippen molar-refractivity contribution in [1.82, 2.24) is 0 Å². The maximum atomic E-state index is 2.28. The molecular weight excluding hydrogens is 144 g/mol. The predicted octanol–water partition coefficient (Wildman–Crippen LogP) is 4.15. The molecule has 0 heteroatoms. The summed E-state index contributed by atoms with van der Waals surface area (Å²) in [6, 6.07) is 0. The summed E-state index contributed by atoms with van der Waals surface area (Å²) >= 11 is 0. The van der Waals surface area contributed by atoms with Gasteiger partial charge in [-0.3, -0.25) is 0 Å². The lowest BCUT2D eigenvalue weighted by Crippen LogP contribution is -1.78. The SMILES string of the molecule is CC/C(C)=C\C[CH]/C=C/C(C)C. The van der Waals surface area contributed by atoms with Gasteiger partial charge in [-0.05, 0) is 32.1 Å². The van der Waals surface area contributed by atoms with E-state index >= 15 is 0 Å². The predicted molar refractivity (Wildman–Crippen MR) is 56.9 cm³/mol. The van der Waals surface area contributed by atoms with Crippen LogP contribution in [0.4, 0.5) is 0 Å². The summed E-state index contributed by atoms with van der Waals surface area (Å²) in [7, 11) is 0. The van der Waals surface area contributed by atoms with Gasteiger partial charge in [0, 0.05) is 0 Å². The van der Waals surface area contributed by atoms with Crippen molar-refractivity contribution in [3.8, 4) is 0 Å². The van der Waals surface area contributed by atoms with Crippen molar-refractivity contribution in [3.05, 3.63) is 30.2 Å². The minimum Gasteiger partial charge on any atom is -0.0857 e. The van der Waals surface area contributed by atoms with Crippen molar-refractivity contribution < 1.29 is 0 Å². The summed E-state index contributed by atoms with van der Waals surface area (Å²) < 4.78 is 0. The molecule has 0 amide bonds. The van der Waals surface area contributed by atoms with Crippen molar-refractivity contribution >= 4 is 0 Å². The number of hydrogen-bond acceptors (Lipinski definition) is 0. The van der Waals surface area contributed by atoms with E-state index in [4.69, 9.17) is 0 Å². The molecule has 1 radical (unpaired) electrons. The second kappa shape index (κ2) is 7.15. The molecular formula is C12H21. The molecule has 0 nitrogen and oxygen atoms in total. The van der Waals surface area contributed by atoms with Crippen molar-refractivity contribution in [2.45, 2.75) is 40.5 Å². The van der Waals surface area contributed by atoms with Crippen LogP contribution in [0, 0.1) is 12.3 Å². The normalized spacial score (nSPS) is 13.2. The third-order valence-electron chi connectivity index (χ3n) is 1.79. The van der Waals surface area contributed by atoms with Gasteiger partial charge >= 0.3 is 0 Å². The second-order valence-electron chi connectivity index (χ2n) is 3.50. The van der Waals surface area contributed by atoms with Crippen molar-refractivity contribution in [2.75, 3.05) is 0 Å². The zero-order chi connectivity index (χ0) is 9.40. The van der Waals surface area contributed by atoms with Gasteiger partial charge in [-0.2, -0.15) is 0 Å². The van der Waals surface area contributed by atoms with Crippen LogP contribution in [0.1, 0.15) is 40.5 Å². The van der Waals surface area contributed by atoms with E-state index in [9.17, 15) is 0 Å². The lowest BCUT2D eigenvalue weighted by atomic mass is 10.1. The summed E-state index contributed by atoms with van der Waals surface area (Å²) in [5.41, 5.74) is 1.48. The fourth-order valence-corrected chi connectivity index (χ4v) is 0.793. The molecule has 0 saturated heterocycles. The maximum Gasteiger partial charge on any atom is -0.0133 e. The van der Waals surface area contributed by atoms with E-state index in [1.54, 1.807) is 0 Å². The Morgan fingerprint density at radius 1 is 1.33 bits per heavy atom. The minimum absolute atomic E-state index is 0.664. The quantitative estimate of drug-likeness (QED) is 0.424. The molecule has 0 saturated carbocycles. The smallest absolute Gasteiger partial charge is 0.0133 e. The topological polar surface area (TPSA) is 0 Å². The van der Waals surface area contributed by atoms with Gasteiger partial charge in [-0.1, -0.05) is 44.6 Å². The highest BCUT2D eigenvalue weighted by atomic mass is 13.9. The first kappa shape index (κ1) is 11.5. The first-order valence-electron chi connectivity index (χ1n) is 4.82. The highest BCUT2D eigenvalue weighted by molar-refractivity contribution is 5.04. The van der Waals surface area contributed by atoms with Gasteiger partial charge in [-0.25, -0.2) is 0 Å². The van der Waals surface area contributed by atoms with Crippen LogP contribution in [0.25, 0.3) is 0 Å². The largest absolute Gasteiger partial charge is 0.0857 e. The Labute approximate surface area is 77.4 Å². The summed E-state index contributed by atoms with van der Waals surface area (Å²) in [6.45, 7) is 8.75. The Balaban J connectivity index is 3.44. The molecule has 0 N–H and O–H groups in total. The van der Waals surface area contributed by atoms with Crippen LogP contribution in [0.2, 0.25) is 0 Å². The molecule has 0 aromatic carbocycles. The summed E-state index contributed by atoms with van der Waals surface area (Å²) in [5, 5.41) is 0. The zero-order valence-electron chi connectivity index (χ0n) is 8.80. The van der Waals surface area contributed by atoms with Crippen LogP contribution in [-0.2, 0) is 0 Å². The monoisotopic (exact) mass is 165 g/mol. The van der Waals surface area contributed by atoms with E-state index in [0.29, 0.717) is 5.92 Å². The Hall–Kier alpha value is -0.520. The van der Waals surface area contributed by atoms with Gasteiger partial charge in [0.2, 0.25) is 0 Å². The Morgan fingerprint density at radius 3 is 2.50 bits per heavy atom. The van der Waals surface area contributed by atoms with Crippen LogP contribution in [0.3, 0.4) is 0 Å². The zero-order valence-corrected chi connectivity index (χ0v) is 8.80. The third-order valence-corrected chi connectivity index (χ3v) is 1.79. The van der Waals surface area contributed by atoms with Crippen LogP contribution in [0.5, 0.6) is 0 Å². The molecule has 0 aliphatic carbocycles. The van der Waals surface area contributed by atoms with Crippen LogP contribution in [0.15, 0.2) is 23.8 Å². The van der Waals surface area contributed by atoms with Crippen LogP contribution >= 0.6 is 0 Å². The number of unbranched alkanes of at least 4 members (excludes halogenated alkanes) is 1. The lowest BCUT2D eigenvalue weighted by molar-refractivity contribution is 0.830. The molecule has 0 bridgehead atoms. The summed E-state index contributed by atoms with van der Waals surface area (Å²) in [4.78, 5) is 0. The fraction of sp³-hybridized carbons (Fsp3) is 0.583. The van der Waals surface area contributed by atoms with Crippen molar-refractivity contribution in [2.24, 2.45) is 5.92 Å². The summed E-state index contributed by atoms with van der Waals surface area (Å²) in [6.07, 6.45) is 11.1. The van der Waals surface area contributed by atoms with E-state index in [0.717, 1.165) is 6.42 Å². The van der Waals surface area contributed by atoms with E-state index in [1.807, 2.05) is 0 Å². The van der Waals surface area contributed by atoms with Gasteiger partial charge in [0.25, 0.3) is 0 Å². The van der Waals surface area contributed by atoms with Gasteiger partial charge in [0.15, 0.2) is 0 Å². The highest BCUT2D eigenvalue weighted by Gasteiger charge is 1.84. The van der Waals surface area contributed by atoms with Gasteiger partial charge < -0.3 is 0 Å². The van der Waals surface area contributed by atoms with Crippen molar-refractivity contribution in [1.29, 1.82) is 0 Å². The average Bonchev–Trinajstić information content (AvgIpc) is 2.03. The molecule has 12 heavy (non-hydrogen) atoms. The Kier molecular flexibility index (Phi) is 6.84. The van der Waals surface area contributed by atoms with E-state index in [-0.39, 0.29) is 0 Å². The fourth-order valence-electron chi connectivity index (χ4n) is 0.793. The average molecular weight is 165 g/mol. The molecule has 0 aliphatic heterocycles. The van der Waals surface area contributed by atoms with Crippen LogP contribution < -0.4 is 0 Å². The number of rotatable bonds is 5. The first-order chi connectivity index (χ1) is 5.66. The minimum atomic E-state index is 0.664. The highest BCUT2D eigenvalue weighted by Crippen LogP contribution is 2.03. The molecule has 0 aromatic heterocycles. The van der Waals surface area contributed by atoms with E-state index < -0.39 is 0 Å². The molecule has 0 spiro atoms. The number of allylic oxidation sites excluding steroid dienone is 4. The Bertz CT molecular complexity index is 149. The van der Waals surface area contributed by atoms with Crippen molar-refractivity contribution in [3.63, 3.8) is 0 Å². The maximum absolute atomic E-state index is 2.28. The molecule has 0 rings (SSSR count). The molecule has 0 unspecified atom stereocenters. The molecule has 0 fully saturated rings. The first-order valence-corrected chi connectivity index (χ1v) is 4.82. The van der Waals surface area contributed by atoms with Gasteiger partial charge in [0.1, 0.15) is 0 Å². The molecule has 0 heterocycles. The van der Waals surface area contributed by atoms with Gasteiger partial charge in [0.05, 0.1) is 0 Å². The molecule has 0 aliphatic rings. The third kappa shape index (κ3) is 7.59. The summed E-state index contributed by atoms with van der Waals surface area (Å²) in [5.74, 6) is 0.664. The lowest BCUT2D eigenvalue weighted by Gasteiger charge is -1.94. The van der Waals surface area contributed by atoms with E-state index in [2.05, 4.69) is 52.3 Å².